The Morgan fingerprint density at radius 2 is 2.00 bits per heavy atom. The number of carbonyl (C=O) groups excluding carboxylic acids is 1. The van der Waals surface area contributed by atoms with Gasteiger partial charge in [-0.3, -0.25) is 4.79 Å². The minimum atomic E-state index is -0.221. The fourth-order valence-electron chi connectivity index (χ4n) is 2.41. The van der Waals surface area contributed by atoms with E-state index in [2.05, 4.69) is 11.6 Å². The molecule has 1 saturated carbocycles. The number of rotatable bonds is 7. The van der Waals surface area contributed by atoms with E-state index in [4.69, 9.17) is 5.73 Å². The molecule has 0 spiro atoms. The summed E-state index contributed by atoms with van der Waals surface area (Å²) in [6.07, 6.45) is 10.5. The van der Waals surface area contributed by atoms with Gasteiger partial charge in [-0.2, -0.15) is 11.8 Å². The van der Waals surface area contributed by atoms with Crippen LogP contribution in [0.1, 0.15) is 51.4 Å². The normalized spacial score (nSPS) is 18.9. The molecule has 0 unspecified atom stereocenters. The zero-order valence-corrected chi connectivity index (χ0v) is 11.8. The molecule has 0 bridgehead atoms. The molecule has 0 radical (unpaired) electrons. The first-order valence-corrected chi connectivity index (χ1v) is 8.10. The predicted molar refractivity (Wildman–Crippen MR) is 75.2 cm³/mol. The van der Waals surface area contributed by atoms with Gasteiger partial charge in [-0.25, -0.2) is 0 Å². The van der Waals surface area contributed by atoms with Crippen LogP contribution in [0.5, 0.6) is 0 Å². The van der Waals surface area contributed by atoms with E-state index in [-0.39, 0.29) is 11.4 Å². The molecule has 1 amide bonds. The maximum absolute atomic E-state index is 11.8. The number of amides is 1. The van der Waals surface area contributed by atoms with Gasteiger partial charge in [0.05, 0.1) is 0 Å². The molecule has 0 aromatic carbocycles. The van der Waals surface area contributed by atoms with Crippen molar-refractivity contribution in [3.63, 3.8) is 0 Å². The summed E-state index contributed by atoms with van der Waals surface area (Å²) in [5.74, 6) is 1.31. The summed E-state index contributed by atoms with van der Waals surface area (Å²) in [7, 11) is 0. The fraction of sp³-hybridized carbons (Fsp3) is 0.923. The van der Waals surface area contributed by atoms with Crippen molar-refractivity contribution in [2.75, 3.05) is 18.6 Å². The van der Waals surface area contributed by atoms with E-state index in [0.717, 1.165) is 25.8 Å². The quantitative estimate of drug-likeness (QED) is 0.689. The third-order valence-electron chi connectivity index (χ3n) is 3.46. The molecule has 0 aliphatic heterocycles. The fourth-order valence-corrected chi connectivity index (χ4v) is 2.91. The van der Waals surface area contributed by atoms with E-state index in [1.807, 2.05) is 11.8 Å². The number of thioether (sulfide) groups is 1. The average molecular weight is 258 g/mol. The lowest BCUT2D eigenvalue weighted by atomic mass is 9.80. The Balaban J connectivity index is 2.11. The van der Waals surface area contributed by atoms with E-state index < -0.39 is 0 Å². The highest BCUT2D eigenvalue weighted by Crippen LogP contribution is 2.28. The minimum Gasteiger partial charge on any atom is -0.356 e. The number of nitrogens with one attached hydrogen (secondary N) is 1. The van der Waals surface area contributed by atoms with Crippen LogP contribution in [0.2, 0.25) is 0 Å². The maximum Gasteiger partial charge on any atom is 0.221 e. The Kier molecular flexibility index (Phi) is 6.97. The molecular weight excluding hydrogens is 232 g/mol. The van der Waals surface area contributed by atoms with Crippen LogP contribution in [0, 0.1) is 0 Å². The summed E-state index contributed by atoms with van der Waals surface area (Å²) in [6.45, 7) is 0.801. The molecule has 3 nitrogen and oxygen atoms in total. The highest BCUT2D eigenvalue weighted by Gasteiger charge is 2.29. The molecular formula is C13H26N2OS. The third-order valence-corrected chi connectivity index (χ3v) is 4.16. The van der Waals surface area contributed by atoms with Crippen LogP contribution in [0.4, 0.5) is 0 Å². The van der Waals surface area contributed by atoms with Crippen molar-refractivity contribution in [3.05, 3.63) is 0 Å². The summed E-state index contributed by atoms with van der Waals surface area (Å²) in [6, 6.07) is 0. The van der Waals surface area contributed by atoms with E-state index in [1.54, 1.807) is 0 Å². The van der Waals surface area contributed by atoms with Gasteiger partial charge in [-0.15, -0.1) is 0 Å². The Morgan fingerprint density at radius 1 is 1.29 bits per heavy atom. The highest BCUT2D eigenvalue weighted by atomic mass is 32.2. The molecule has 0 saturated heterocycles. The Bertz CT molecular complexity index is 227. The first kappa shape index (κ1) is 14.8. The molecule has 0 aromatic rings. The van der Waals surface area contributed by atoms with Gasteiger partial charge < -0.3 is 11.1 Å². The molecule has 1 aliphatic carbocycles. The van der Waals surface area contributed by atoms with Crippen LogP contribution in [-0.2, 0) is 4.79 Å². The second kappa shape index (κ2) is 7.98. The Hall–Kier alpha value is -0.220. The summed E-state index contributed by atoms with van der Waals surface area (Å²) in [5, 5.41) is 2.99. The van der Waals surface area contributed by atoms with Crippen molar-refractivity contribution < 1.29 is 4.79 Å². The van der Waals surface area contributed by atoms with Crippen molar-refractivity contribution >= 4 is 17.7 Å². The first-order valence-electron chi connectivity index (χ1n) is 6.71. The third kappa shape index (κ3) is 6.32. The Labute approximate surface area is 109 Å². The largest absolute Gasteiger partial charge is 0.356 e. The number of hydrogen-bond donors (Lipinski definition) is 2. The second-order valence-corrected chi connectivity index (χ2v) is 6.14. The second-order valence-electron chi connectivity index (χ2n) is 5.15. The van der Waals surface area contributed by atoms with Crippen LogP contribution in [0.25, 0.3) is 0 Å². The van der Waals surface area contributed by atoms with Gasteiger partial charge in [0.25, 0.3) is 0 Å². The predicted octanol–water partition coefficient (Wildman–Crippen LogP) is 2.30. The monoisotopic (exact) mass is 258 g/mol. The Morgan fingerprint density at radius 3 is 2.65 bits per heavy atom. The van der Waals surface area contributed by atoms with Gasteiger partial charge in [0.15, 0.2) is 0 Å². The molecule has 17 heavy (non-hydrogen) atoms. The molecule has 0 heterocycles. The lowest BCUT2D eigenvalue weighted by molar-refractivity contribution is -0.122. The zero-order chi connectivity index (χ0) is 12.6. The molecule has 4 heteroatoms. The van der Waals surface area contributed by atoms with Gasteiger partial charge in [-0.05, 0) is 37.7 Å². The van der Waals surface area contributed by atoms with E-state index in [0.29, 0.717) is 6.42 Å². The topological polar surface area (TPSA) is 55.1 Å². The summed E-state index contributed by atoms with van der Waals surface area (Å²) >= 11 is 1.86. The lowest BCUT2D eigenvalue weighted by Gasteiger charge is -2.32. The standard InChI is InChI=1S/C13H26N2OS/c1-17-10-6-5-9-15-12(16)11-13(14)7-3-2-4-8-13/h2-11,14H2,1H3,(H,15,16). The van der Waals surface area contributed by atoms with Crippen molar-refractivity contribution in [1.82, 2.24) is 5.32 Å². The molecule has 0 aromatic heterocycles. The highest BCUT2D eigenvalue weighted by molar-refractivity contribution is 7.98. The summed E-state index contributed by atoms with van der Waals surface area (Å²) in [5.41, 5.74) is 6.03. The SMILES string of the molecule is CSCCCCNC(=O)CC1(N)CCCCC1. The smallest absolute Gasteiger partial charge is 0.221 e. The molecule has 0 atom stereocenters. The molecule has 100 valence electrons. The van der Waals surface area contributed by atoms with Crippen molar-refractivity contribution in [2.45, 2.75) is 56.9 Å². The molecule has 3 N–H and O–H groups in total. The van der Waals surface area contributed by atoms with Gasteiger partial charge in [0, 0.05) is 18.5 Å². The lowest BCUT2D eigenvalue weighted by Crippen LogP contribution is -2.46. The van der Waals surface area contributed by atoms with Crippen LogP contribution in [-0.4, -0.2) is 30.0 Å². The molecule has 1 fully saturated rings. The van der Waals surface area contributed by atoms with Gasteiger partial charge in [0.2, 0.25) is 5.91 Å². The van der Waals surface area contributed by atoms with Crippen molar-refractivity contribution in [1.29, 1.82) is 0 Å². The van der Waals surface area contributed by atoms with E-state index >= 15 is 0 Å². The number of unbranched alkanes of at least 4 members (excludes halogenated alkanes) is 1. The minimum absolute atomic E-state index is 0.138. The first-order chi connectivity index (χ1) is 8.16. The van der Waals surface area contributed by atoms with Crippen molar-refractivity contribution in [3.8, 4) is 0 Å². The van der Waals surface area contributed by atoms with Crippen LogP contribution >= 0.6 is 11.8 Å². The zero-order valence-electron chi connectivity index (χ0n) is 11.0. The van der Waals surface area contributed by atoms with Gasteiger partial charge in [-0.1, -0.05) is 19.3 Å². The summed E-state index contributed by atoms with van der Waals surface area (Å²) in [4.78, 5) is 11.8. The summed E-state index contributed by atoms with van der Waals surface area (Å²) < 4.78 is 0. The van der Waals surface area contributed by atoms with E-state index in [9.17, 15) is 4.79 Å². The van der Waals surface area contributed by atoms with Gasteiger partial charge >= 0.3 is 0 Å². The number of hydrogen-bond acceptors (Lipinski definition) is 3. The number of nitrogens with two attached hydrogens (primary N) is 1. The van der Waals surface area contributed by atoms with Crippen LogP contribution < -0.4 is 11.1 Å². The maximum atomic E-state index is 11.8. The van der Waals surface area contributed by atoms with Crippen LogP contribution in [0.3, 0.4) is 0 Å². The van der Waals surface area contributed by atoms with Crippen LogP contribution in [0.15, 0.2) is 0 Å². The average Bonchev–Trinajstić information content (AvgIpc) is 2.29. The number of carbonyl (C=O) groups is 1. The molecule has 1 aliphatic rings. The van der Waals surface area contributed by atoms with E-state index in [1.165, 1.54) is 31.4 Å². The van der Waals surface area contributed by atoms with Gasteiger partial charge in [0.1, 0.15) is 0 Å². The van der Waals surface area contributed by atoms with Crippen molar-refractivity contribution in [2.24, 2.45) is 5.73 Å². The molecule has 1 rings (SSSR count).